The SMILES string of the molecule is CN(C)CC(C)(O)CNC(=O)C1CCc2ccccc2C1. The molecule has 1 amide bonds. The Morgan fingerprint density at radius 3 is 2.71 bits per heavy atom. The van der Waals surface area contributed by atoms with Gasteiger partial charge in [0.05, 0.1) is 5.60 Å². The first-order valence-electron chi connectivity index (χ1n) is 7.59. The summed E-state index contributed by atoms with van der Waals surface area (Å²) in [6, 6.07) is 8.33. The van der Waals surface area contributed by atoms with Gasteiger partial charge in [-0.1, -0.05) is 24.3 Å². The van der Waals surface area contributed by atoms with Crippen molar-refractivity contribution in [2.45, 2.75) is 31.8 Å². The summed E-state index contributed by atoms with van der Waals surface area (Å²) in [6.07, 6.45) is 2.65. The van der Waals surface area contributed by atoms with Crippen LogP contribution in [0, 0.1) is 5.92 Å². The second kappa shape index (κ2) is 6.58. The minimum Gasteiger partial charge on any atom is -0.387 e. The Hall–Kier alpha value is -1.39. The van der Waals surface area contributed by atoms with E-state index in [0.29, 0.717) is 13.1 Å². The summed E-state index contributed by atoms with van der Waals surface area (Å²) in [7, 11) is 3.82. The van der Waals surface area contributed by atoms with E-state index in [4.69, 9.17) is 0 Å². The molecular formula is C17H26N2O2. The van der Waals surface area contributed by atoms with Crippen LogP contribution in [0.25, 0.3) is 0 Å². The molecule has 21 heavy (non-hydrogen) atoms. The summed E-state index contributed by atoms with van der Waals surface area (Å²) in [4.78, 5) is 14.2. The molecule has 2 unspecified atom stereocenters. The maximum absolute atomic E-state index is 12.3. The molecule has 0 fully saturated rings. The Kier molecular flexibility index (Phi) is 5.01. The van der Waals surface area contributed by atoms with E-state index in [0.717, 1.165) is 19.3 Å². The molecule has 116 valence electrons. The number of carbonyl (C=O) groups is 1. The first kappa shape index (κ1) is 16.0. The Morgan fingerprint density at radius 2 is 2.05 bits per heavy atom. The van der Waals surface area contributed by atoms with Crippen molar-refractivity contribution in [3.05, 3.63) is 35.4 Å². The number of hydrogen-bond acceptors (Lipinski definition) is 3. The van der Waals surface area contributed by atoms with Crippen molar-refractivity contribution >= 4 is 5.91 Å². The smallest absolute Gasteiger partial charge is 0.223 e. The summed E-state index contributed by atoms with van der Waals surface area (Å²) in [5.41, 5.74) is 1.75. The molecule has 0 heterocycles. The Morgan fingerprint density at radius 1 is 1.38 bits per heavy atom. The fourth-order valence-electron chi connectivity index (χ4n) is 3.08. The third-order valence-corrected chi connectivity index (χ3v) is 4.02. The molecule has 2 rings (SSSR count). The van der Waals surface area contributed by atoms with Crippen LogP contribution in [0.2, 0.25) is 0 Å². The van der Waals surface area contributed by atoms with Crippen LogP contribution in [0.5, 0.6) is 0 Å². The maximum atomic E-state index is 12.3. The fourth-order valence-corrected chi connectivity index (χ4v) is 3.08. The zero-order valence-corrected chi connectivity index (χ0v) is 13.2. The van der Waals surface area contributed by atoms with E-state index in [1.807, 2.05) is 25.1 Å². The lowest BCUT2D eigenvalue weighted by Crippen LogP contribution is -2.48. The fraction of sp³-hybridized carbons (Fsp3) is 0.588. The lowest BCUT2D eigenvalue weighted by molar-refractivity contribution is -0.126. The molecule has 2 atom stereocenters. The van der Waals surface area contributed by atoms with Crippen molar-refractivity contribution < 1.29 is 9.90 Å². The molecule has 1 aromatic carbocycles. The minimum atomic E-state index is -0.897. The molecule has 0 bridgehead atoms. The summed E-state index contributed by atoms with van der Waals surface area (Å²) >= 11 is 0. The number of aliphatic hydroxyl groups is 1. The van der Waals surface area contributed by atoms with E-state index in [2.05, 4.69) is 23.5 Å². The van der Waals surface area contributed by atoms with Crippen molar-refractivity contribution in [3.63, 3.8) is 0 Å². The van der Waals surface area contributed by atoms with E-state index in [-0.39, 0.29) is 11.8 Å². The highest BCUT2D eigenvalue weighted by Gasteiger charge is 2.27. The third-order valence-electron chi connectivity index (χ3n) is 4.02. The number of nitrogens with zero attached hydrogens (tertiary/aromatic N) is 1. The number of likely N-dealkylation sites (N-methyl/N-ethyl adjacent to an activating group) is 1. The molecule has 0 aromatic heterocycles. The molecule has 0 saturated heterocycles. The monoisotopic (exact) mass is 290 g/mol. The lowest BCUT2D eigenvalue weighted by Gasteiger charge is -2.29. The van der Waals surface area contributed by atoms with E-state index >= 15 is 0 Å². The van der Waals surface area contributed by atoms with Crippen molar-refractivity contribution in [2.24, 2.45) is 5.92 Å². The minimum absolute atomic E-state index is 0.0232. The molecule has 1 aliphatic carbocycles. The highest BCUT2D eigenvalue weighted by molar-refractivity contribution is 5.79. The van der Waals surface area contributed by atoms with Gasteiger partial charge in [0.2, 0.25) is 5.91 Å². The molecule has 0 radical (unpaired) electrons. The molecule has 1 aromatic rings. The van der Waals surface area contributed by atoms with E-state index in [1.165, 1.54) is 11.1 Å². The standard InChI is InChI=1S/C17H26N2O2/c1-17(21,12-19(2)3)11-18-16(20)15-9-8-13-6-4-5-7-14(13)10-15/h4-7,15,21H,8-12H2,1-3H3,(H,18,20). The second-order valence-electron chi connectivity index (χ2n) is 6.66. The van der Waals surface area contributed by atoms with Gasteiger partial charge in [0, 0.05) is 19.0 Å². The molecule has 0 aliphatic heterocycles. The van der Waals surface area contributed by atoms with Gasteiger partial charge < -0.3 is 15.3 Å². The van der Waals surface area contributed by atoms with Crippen molar-refractivity contribution in [1.29, 1.82) is 0 Å². The number of rotatable bonds is 5. The van der Waals surface area contributed by atoms with E-state index < -0.39 is 5.60 Å². The maximum Gasteiger partial charge on any atom is 0.223 e. The molecule has 0 spiro atoms. The Labute approximate surface area is 127 Å². The lowest BCUT2D eigenvalue weighted by atomic mass is 9.83. The van der Waals surface area contributed by atoms with Crippen LogP contribution in [-0.4, -0.2) is 48.7 Å². The van der Waals surface area contributed by atoms with Crippen LogP contribution >= 0.6 is 0 Å². The largest absolute Gasteiger partial charge is 0.387 e. The van der Waals surface area contributed by atoms with Gasteiger partial charge in [-0.05, 0) is 51.4 Å². The van der Waals surface area contributed by atoms with Crippen molar-refractivity contribution in [3.8, 4) is 0 Å². The van der Waals surface area contributed by atoms with Crippen LogP contribution < -0.4 is 5.32 Å². The number of nitrogens with one attached hydrogen (secondary N) is 1. The van der Waals surface area contributed by atoms with Gasteiger partial charge in [-0.2, -0.15) is 0 Å². The molecule has 2 N–H and O–H groups in total. The van der Waals surface area contributed by atoms with E-state index in [9.17, 15) is 9.90 Å². The Balaban J connectivity index is 1.88. The van der Waals surface area contributed by atoms with Gasteiger partial charge in [0.15, 0.2) is 0 Å². The summed E-state index contributed by atoms with van der Waals surface area (Å²) < 4.78 is 0. The van der Waals surface area contributed by atoms with Gasteiger partial charge in [-0.3, -0.25) is 4.79 Å². The van der Waals surface area contributed by atoms with Gasteiger partial charge >= 0.3 is 0 Å². The molecule has 1 aliphatic rings. The average Bonchev–Trinajstić information content (AvgIpc) is 2.43. The van der Waals surface area contributed by atoms with Crippen LogP contribution in [-0.2, 0) is 17.6 Å². The summed E-state index contributed by atoms with van der Waals surface area (Å²) in [5, 5.41) is 13.1. The van der Waals surface area contributed by atoms with Crippen LogP contribution in [0.15, 0.2) is 24.3 Å². The number of benzene rings is 1. The normalized spacial score (nSPS) is 20.7. The summed E-state index contributed by atoms with van der Waals surface area (Å²) in [5.74, 6) is 0.0820. The molecule has 4 nitrogen and oxygen atoms in total. The van der Waals surface area contributed by atoms with Gasteiger partial charge in [0.1, 0.15) is 0 Å². The summed E-state index contributed by atoms with van der Waals surface area (Å²) in [6.45, 7) is 2.58. The Bertz CT molecular complexity index is 497. The zero-order valence-electron chi connectivity index (χ0n) is 13.2. The number of hydrogen-bond donors (Lipinski definition) is 2. The number of aryl methyl sites for hydroxylation is 1. The predicted molar refractivity (Wildman–Crippen MR) is 84.1 cm³/mol. The highest BCUT2D eigenvalue weighted by Crippen LogP contribution is 2.25. The van der Waals surface area contributed by atoms with Crippen LogP contribution in [0.3, 0.4) is 0 Å². The van der Waals surface area contributed by atoms with Gasteiger partial charge in [0.25, 0.3) is 0 Å². The first-order valence-corrected chi connectivity index (χ1v) is 7.59. The van der Waals surface area contributed by atoms with Gasteiger partial charge in [-0.25, -0.2) is 0 Å². The zero-order chi connectivity index (χ0) is 15.5. The number of carbonyl (C=O) groups excluding carboxylic acids is 1. The highest BCUT2D eigenvalue weighted by atomic mass is 16.3. The number of amides is 1. The van der Waals surface area contributed by atoms with E-state index in [1.54, 1.807) is 6.92 Å². The van der Waals surface area contributed by atoms with Crippen LogP contribution in [0.1, 0.15) is 24.5 Å². The topological polar surface area (TPSA) is 52.6 Å². The van der Waals surface area contributed by atoms with Crippen molar-refractivity contribution in [1.82, 2.24) is 10.2 Å². The molecular weight excluding hydrogens is 264 g/mol. The third kappa shape index (κ3) is 4.55. The molecule has 0 saturated carbocycles. The number of fused-ring (bicyclic) bond motifs is 1. The average molecular weight is 290 g/mol. The molecule has 4 heteroatoms. The van der Waals surface area contributed by atoms with Crippen molar-refractivity contribution in [2.75, 3.05) is 27.2 Å². The van der Waals surface area contributed by atoms with Gasteiger partial charge in [-0.15, -0.1) is 0 Å². The second-order valence-corrected chi connectivity index (χ2v) is 6.66. The predicted octanol–water partition coefficient (Wildman–Crippen LogP) is 1.22. The quantitative estimate of drug-likeness (QED) is 0.857. The van der Waals surface area contributed by atoms with Crippen LogP contribution in [0.4, 0.5) is 0 Å². The first-order chi connectivity index (χ1) is 9.87.